The first-order valence-corrected chi connectivity index (χ1v) is 8.53. The SMILES string of the molecule is Cc1c(-c2ccc(-c3ccccc3)cc2)nc2ccc(F)cc2c1C(=O)O. The van der Waals surface area contributed by atoms with Crippen molar-refractivity contribution in [3.05, 3.63) is 89.7 Å². The monoisotopic (exact) mass is 357 g/mol. The highest BCUT2D eigenvalue weighted by Gasteiger charge is 2.18. The van der Waals surface area contributed by atoms with Gasteiger partial charge in [-0.25, -0.2) is 14.2 Å². The van der Waals surface area contributed by atoms with Crippen LogP contribution in [0.1, 0.15) is 15.9 Å². The number of hydrogen-bond acceptors (Lipinski definition) is 2. The van der Waals surface area contributed by atoms with Crippen LogP contribution < -0.4 is 0 Å². The second-order valence-electron chi connectivity index (χ2n) is 6.37. The van der Waals surface area contributed by atoms with Gasteiger partial charge in [0.25, 0.3) is 0 Å². The van der Waals surface area contributed by atoms with Crippen molar-refractivity contribution in [2.75, 3.05) is 0 Å². The highest BCUT2D eigenvalue weighted by Crippen LogP contribution is 2.31. The molecule has 0 amide bonds. The second-order valence-corrected chi connectivity index (χ2v) is 6.37. The number of fused-ring (bicyclic) bond motifs is 1. The number of pyridine rings is 1. The Bertz CT molecular complexity index is 1150. The first-order valence-electron chi connectivity index (χ1n) is 8.53. The Morgan fingerprint density at radius 1 is 0.889 bits per heavy atom. The van der Waals surface area contributed by atoms with E-state index >= 15 is 0 Å². The molecule has 132 valence electrons. The van der Waals surface area contributed by atoms with Gasteiger partial charge in [0.05, 0.1) is 16.8 Å². The molecule has 1 N–H and O–H groups in total. The maximum Gasteiger partial charge on any atom is 0.336 e. The molecule has 0 spiro atoms. The Morgan fingerprint density at radius 2 is 1.52 bits per heavy atom. The van der Waals surface area contributed by atoms with Crippen molar-refractivity contribution in [2.45, 2.75) is 6.92 Å². The maximum absolute atomic E-state index is 13.6. The minimum absolute atomic E-state index is 0.0848. The van der Waals surface area contributed by atoms with Gasteiger partial charge >= 0.3 is 5.97 Å². The topological polar surface area (TPSA) is 50.2 Å². The lowest BCUT2D eigenvalue weighted by Gasteiger charge is -2.12. The van der Waals surface area contributed by atoms with Crippen molar-refractivity contribution in [1.29, 1.82) is 0 Å². The largest absolute Gasteiger partial charge is 0.478 e. The van der Waals surface area contributed by atoms with Gasteiger partial charge in [-0.15, -0.1) is 0 Å². The molecule has 0 aliphatic rings. The molecule has 1 heterocycles. The smallest absolute Gasteiger partial charge is 0.336 e. The van der Waals surface area contributed by atoms with Gasteiger partial charge in [0.1, 0.15) is 5.82 Å². The number of aromatic nitrogens is 1. The van der Waals surface area contributed by atoms with Crippen LogP contribution in [0, 0.1) is 12.7 Å². The van der Waals surface area contributed by atoms with E-state index in [1.165, 1.54) is 18.2 Å². The molecular weight excluding hydrogens is 341 g/mol. The summed E-state index contributed by atoms with van der Waals surface area (Å²) in [7, 11) is 0. The summed E-state index contributed by atoms with van der Waals surface area (Å²) in [6, 6.07) is 21.9. The zero-order valence-electron chi connectivity index (χ0n) is 14.6. The van der Waals surface area contributed by atoms with Crippen LogP contribution in [-0.4, -0.2) is 16.1 Å². The number of hydrogen-bond donors (Lipinski definition) is 1. The maximum atomic E-state index is 13.6. The van der Waals surface area contributed by atoms with E-state index in [4.69, 9.17) is 0 Å². The molecule has 0 aliphatic carbocycles. The molecule has 0 saturated heterocycles. The van der Waals surface area contributed by atoms with Crippen molar-refractivity contribution in [2.24, 2.45) is 0 Å². The fourth-order valence-corrected chi connectivity index (χ4v) is 3.34. The van der Waals surface area contributed by atoms with E-state index in [0.717, 1.165) is 16.7 Å². The molecule has 0 saturated carbocycles. The Hall–Kier alpha value is -3.53. The van der Waals surface area contributed by atoms with E-state index < -0.39 is 11.8 Å². The van der Waals surface area contributed by atoms with E-state index in [1.807, 2.05) is 54.6 Å². The second kappa shape index (κ2) is 6.65. The highest BCUT2D eigenvalue weighted by molar-refractivity contribution is 6.05. The van der Waals surface area contributed by atoms with Gasteiger partial charge in [-0.3, -0.25) is 0 Å². The van der Waals surface area contributed by atoms with E-state index in [0.29, 0.717) is 22.2 Å². The zero-order valence-corrected chi connectivity index (χ0v) is 14.6. The molecule has 0 bridgehead atoms. The third kappa shape index (κ3) is 3.06. The summed E-state index contributed by atoms with van der Waals surface area (Å²) in [5.41, 5.74) is 4.65. The number of benzene rings is 3. The molecule has 3 nitrogen and oxygen atoms in total. The van der Waals surface area contributed by atoms with Crippen molar-refractivity contribution in [1.82, 2.24) is 4.98 Å². The van der Waals surface area contributed by atoms with Gasteiger partial charge < -0.3 is 5.11 Å². The minimum atomic E-state index is -1.09. The Morgan fingerprint density at radius 3 is 2.19 bits per heavy atom. The normalized spacial score (nSPS) is 10.9. The lowest BCUT2D eigenvalue weighted by molar-refractivity contribution is 0.0698. The number of carboxylic acids is 1. The number of carbonyl (C=O) groups is 1. The summed E-state index contributed by atoms with van der Waals surface area (Å²) in [4.78, 5) is 16.4. The van der Waals surface area contributed by atoms with E-state index in [9.17, 15) is 14.3 Å². The summed E-state index contributed by atoms with van der Waals surface area (Å²) in [5.74, 6) is -1.57. The number of halogens is 1. The molecule has 4 heteroatoms. The van der Waals surface area contributed by atoms with Crippen molar-refractivity contribution < 1.29 is 14.3 Å². The summed E-state index contributed by atoms with van der Waals surface area (Å²) in [5, 5.41) is 9.98. The summed E-state index contributed by atoms with van der Waals surface area (Å²) < 4.78 is 13.6. The van der Waals surface area contributed by atoms with Gasteiger partial charge in [-0.05, 0) is 41.8 Å². The van der Waals surface area contributed by atoms with E-state index in [-0.39, 0.29) is 5.56 Å². The molecule has 27 heavy (non-hydrogen) atoms. The third-order valence-electron chi connectivity index (χ3n) is 4.67. The van der Waals surface area contributed by atoms with Crippen molar-refractivity contribution >= 4 is 16.9 Å². The quantitative estimate of drug-likeness (QED) is 0.510. The summed E-state index contributed by atoms with van der Waals surface area (Å²) in [6.07, 6.45) is 0. The fraction of sp³-hybridized carbons (Fsp3) is 0.0435. The van der Waals surface area contributed by atoms with Gasteiger partial charge in [-0.1, -0.05) is 54.6 Å². The molecule has 1 aromatic heterocycles. The van der Waals surface area contributed by atoms with Gasteiger partial charge in [0.15, 0.2) is 0 Å². The molecule has 3 aromatic carbocycles. The fourth-order valence-electron chi connectivity index (χ4n) is 3.34. The summed E-state index contributed by atoms with van der Waals surface area (Å²) >= 11 is 0. The highest BCUT2D eigenvalue weighted by atomic mass is 19.1. The third-order valence-corrected chi connectivity index (χ3v) is 4.67. The van der Waals surface area contributed by atoms with Crippen LogP contribution in [0.5, 0.6) is 0 Å². The number of rotatable bonds is 3. The van der Waals surface area contributed by atoms with E-state index in [2.05, 4.69) is 4.98 Å². The van der Waals surface area contributed by atoms with Gasteiger partial charge in [-0.2, -0.15) is 0 Å². The van der Waals surface area contributed by atoms with Crippen LogP contribution in [0.2, 0.25) is 0 Å². The van der Waals surface area contributed by atoms with Crippen LogP contribution >= 0.6 is 0 Å². The number of nitrogens with zero attached hydrogens (tertiary/aromatic N) is 1. The molecule has 4 rings (SSSR count). The zero-order chi connectivity index (χ0) is 19.0. The van der Waals surface area contributed by atoms with Crippen molar-refractivity contribution in [3.63, 3.8) is 0 Å². The Labute approximate surface area is 155 Å². The van der Waals surface area contributed by atoms with E-state index in [1.54, 1.807) is 6.92 Å². The van der Waals surface area contributed by atoms with Crippen LogP contribution in [0.3, 0.4) is 0 Å². The molecule has 0 unspecified atom stereocenters. The average molecular weight is 357 g/mol. The predicted octanol–water partition coefficient (Wildman–Crippen LogP) is 5.71. The summed E-state index contributed by atoms with van der Waals surface area (Å²) in [6.45, 7) is 1.71. The van der Waals surface area contributed by atoms with Crippen molar-refractivity contribution in [3.8, 4) is 22.4 Å². The molecule has 4 aromatic rings. The number of carboxylic acid groups (broad SMARTS) is 1. The molecule has 0 atom stereocenters. The standard InChI is InChI=1S/C23H16FNO2/c1-14-21(23(26)27)19-13-18(24)11-12-20(19)25-22(14)17-9-7-16(8-10-17)15-5-3-2-4-6-15/h2-13H,1H3,(H,26,27). The average Bonchev–Trinajstić information content (AvgIpc) is 2.68. The van der Waals surface area contributed by atoms with Crippen LogP contribution in [0.15, 0.2) is 72.8 Å². The molecule has 0 radical (unpaired) electrons. The molecular formula is C23H16FNO2. The lowest BCUT2D eigenvalue weighted by Crippen LogP contribution is -2.05. The van der Waals surface area contributed by atoms with Crippen LogP contribution in [0.4, 0.5) is 4.39 Å². The van der Waals surface area contributed by atoms with Crippen LogP contribution in [-0.2, 0) is 0 Å². The minimum Gasteiger partial charge on any atom is -0.478 e. The molecule has 0 aliphatic heterocycles. The molecule has 0 fully saturated rings. The number of aromatic carboxylic acids is 1. The first-order chi connectivity index (χ1) is 13.0. The van der Waals surface area contributed by atoms with Gasteiger partial charge in [0.2, 0.25) is 0 Å². The first kappa shape index (κ1) is 16.9. The van der Waals surface area contributed by atoms with Gasteiger partial charge in [0, 0.05) is 10.9 Å². The predicted molar refractivity (Wildman–Crippen MR) is 104 cm³/mol. The Balaban J connectivity index is 1.88. The van der Waals surface area contributed by atoms with Crippen LogP contribution in [0.25, 0.3) is 33.3 Å². The Kier molecular flexibility index (Phi) is 4.16. The lowest BCUT2D eigenvalue weighted by atomic mass is 9.96.